The second-order valence-electron chi connectivity index (χ2n) is 4.86. The molecular weight excluding hydrogens is 272 g/mol. The zero-order chi connectivity index (χ0) is 13.9. The lowest BCUT2D eigenvalue weighted by molar-refractivity contribution is 0.0953. The standard InChI is InChI=1S/C14H16N4OS/c15-12-11(13(19)17-10-6-7-10)14(20-18-12)16-8-9-4-2-1-3-5-9/h1-5,10,16H,6-8H2,(H2,15,18)(H,17,19). The molecule has 0 aliphatic heterocycles. The quantitative estimate of drug-likeness (QED) is 0.788. The lowest BCUT2D eigenvalue weighted by Crippen LogP contribution is -2.26. The van der Waals surface area contributed by atoms with E-state index in [1.54, 1.807) is 0 Å². The van der Waals surface area contributed by atoms with Crippen LogP contribution in [0.1, 0.15) is 28.8 Å². The van der Waals surface area contributed by atoms with Crippen LogP contribution in [0, 0.1) is 0 Å². The fraction of sp³-hybridized carbons (Fsp3) is 0.286. The molecule has 1 amide bonds. The van der Waals surface area contributed by atoms with E-state index < -0.39 is 0 Å². The second-order valence-corrected chi connectivity index (χ2v) is 5.63. The molecule has 0 spiro atoms. The van der Waals surface area contributed by atoms with Crippen LogP contribution in [0.4, 0.5) is 10.8 Å². The Bertz CT molecular complexity index is 607. The predicted octanol–water partition coefficient (Wildman–Crippen LogP) is 2.23. The first-order chi connectivity index (χ1) is 9.74. The SMILES string of the molecule is Nc1nsc(NCc2ccccc2)c1C(=O)NC1CC1. The zero-order valence-corrected chi connectivity index (χ0v) is 11.7. The molecule has 0 atom stereocenters. The Balaban J connectivity index is 1.71. The average Bonchev–Trinajstić information content (AvgIpc) is 3.19. The van der Waals surface area contributed by atoms with Crippen LogP contribution < -0.4 is 16.4 Å². The fourth-order valence-electron chi connectivity index (χ4n) is 1.91. The highest BCUT2D eigenvalue weighted by molar-refractivity contribution is 7.11. The van der Waals surface area contributed by atoms with E-state index in [0.29, 0.717) is 24.0 Å². The number of anilines is 2. The number of benzene rings is 1. The Hall–Kier alpha value is -2.08. The molecule has 4 N–H and O–H groups in total. The van der Waals surface area contributed by atoms with Gasteiger partial charge in [-0.3, -0.25) is 4.79 Å². The molecule has 20 heavy (non-hydrogen) atoms. The third-order valence-corrected chi connectivity index (χ3v) is 3.97. The van der Waals surface area contributed by atoms with E-state index in [2.05, 4.69) is 15.0 Å². The maximum atomic E-state index is 12.1. The van der Waals surface area contributed by atoms with Gasteiger partial charge in [-0.25, -0.2) is 0 Å². The number of carbonyl (C=O) groups excluding carboxylic acids is 1. The third-order valence-electron chi connectivity index (χ3n) is 3.15. The highest BCUT2D eigenvalue weighted by Crippen LogP contribution is 2.28. The largest absolute Gasteiger partial charge is 0.382 e. The van der Waals surface area contributed by atoms with Crippen molar-refractivity contribution in [1.82, 2.24) is 9.69 Å². The zero-order valence-electron chi connectivity index (χ0n) is 10.9. The van der Waals surface area contributed by atoms with Gasteiger partial charge in [0.25, 0.3) is 5.91 Å². The first-order valence-electron chi connectivity index (χ1n) is 6.58. The second kappa shape index (κ2) is 5.50. The van der Waals surface area contributed by atoms with Gasteiger partial charge in [-0.05, 0) is 29.9 Å². The molecule has 6 heteroatoms. The molecule has 0 unspecified atom stereocenters. The molecule has 0 saturated heterocycles. The van der Waals surface area contributed by atoms with E-state index in [1.165, 1.54) is 11.5 Å². The van der Waals surface area contributed by atoms with Gasteiger partial charge in [0.1, 0.15) is 10.6 Å². The van der Waals surface area contributed by atoms with Crippen molar-refractivity contribution >= 4 is 28.3 Å². The van der Waals surface area contributed by atoms with Gasteiger partial charge >= 0.3 is 0 Å². The van der Waals surface area contributed by atoms with Crippen molar-refractivity contribution < 1.29 is 4.79 Å². The normalized spacial score (nSPS) is 14.0. The number of aromatic nitrogens is 1. The van der Waals surface area contributed by atoms with Crippen molar-refractivity contribution in [3.05, 3.63) is 41.5 Å². The molecular formula is C14H16N4OS. The maximum Gasteiger partial charge on any atom is 0.258 e. The van der Waals surface area contributed by atoms with Gasteiger partial charge < -0.3 is 16.4 Å². The van der Waals surface area contributed by atoms with E-state index in [1.807, 2.05) is 30.3 Å². The summed E-state index contributed by atoms with van der Waals surface area (Å²) in [5, 5.41) is 6.91. The van der Waals surface area contributed by atoms with E-state index >= 15 is 0 Å². The van der Waals surface area contributed by atoms with E-state index in [-0.39, 0.29) is 5.91 Å². The maximum absolute atomic E-state index is 12.1. The summed E-state index contributed by atoms with van der Waals surface area (Å²) in [6.45, 7) is 0.645. The predicted molar refractivity (Wildman–Crippen MR) is 80.8 cm³/mol. The minimum absolute atomic E-state index is 0.130. The summed E-state index contributed by atoms with van der Waals surface area (Å²) in [5.74, 6) is 0.165. The van der Waals surface area contributed by atoms with E-state index in [0.717, 1.165) is 23.4 Å². The summed E-state index contributed by atoms with van der Waals surface area (Å²) >= 11 is 1.22. The van der Waals surface area contributed by atoms with Crippen molar-refractivity contribution in [2.75, 3.05) is 11.1 Å². The van der Waals surface area contributed by atoms with Crippen LogP contribution in [0.3, 0.4) is 0 Å². The molecule has 1 aromatic heterocycles. The van der Waals surface area contributed by atoms with Gasteiger partial charge in [0.15, 0.2) is 5.82 Å². The van der Waals surface area contributed by atoms with Crippen LogP contribution in [0.25, 0.3) is 0 Å². The number of hydrogen-bond acceptors (Lipinski definition) is 5. The average molecular weight is 288 g/mol. The molecule has 104 valence electrons. The van der Waals surface area contributed by atoms with Crippen molar-refractivity contribution in [2.24, 2.45) is 0 Å². The molecule has 0 radical (unpaired) electrons. The fourth-order valence-corrected chi connectivity index (χ4v) is 2.61. The number of nitrogens with zero attached hydrogens (tertiary/aromatic N) is 1. The van der Waals surface area contributed by atoms with Gasteiger partial charge in [-0.15, -0.1) is 0 Å². The highest BCUT2D eigenvalue weighted by Gasteiger charge is 2.27. The lowest BCUT2D eigenvalue weighted by Gasteiger charge is -2.07. The van der Waals surface area contributed by atoms with E-state index in [4.69, 9.17) is 5.73 Å². The van der Waals surface area contributed by atoms with Crippen LogP contribution in [0.15, 0.2) is 30.3 Å². The van der Waals surface area contributed by atoms with Crippen molar-refractivity contribution in [3.8, 4) is 0 Å². The van der Waals surface area contributed by atoms with Gasteiger partial charge in [-0.2, -0.15) is 4.37 Å². The number of hydrogen-bond donors (Lipinski definition) is 3. The summed E-state index contributed by atoms with van der Waals surface area (Å²) in [4.78, 5) is 12.1. The van der Waals surface area contributed by atoms with E-state index in [9.17, 15) is 4.79 Å². The summed E-state index contributed by atoms with van der Waals surface area (Å²) in [6, 6.07) is 10.3. The Kier molecular flexibility index (Phi) is 3.56. The van der Waals surface area contributed by atoms with Crippen molar-refractivity contribution in [2.45, 2.75) is 25.4 Å². The minimum atomic E-state index is -0.130. The summed E-state index contributed by atoms with van der Waals surface area (Å²) in [5.41, 5.74) is 7.42. The van der Waals surface area contributed by atoms with Crippen molar-refractivity contribution in [1.29, 1.82) is 0 Å². The topological polar surface area (TPSA) is 80.0 Å². The monoisotopic (exact) mass is 288 g/mol. The highest BCUT2D eigenvalue weighted by atomic mass is 32.1. The molecule has 1 aromatic carbocycles. The number of nitrogens with one attached hydrogen (secondary N) is 2. The molecule has 2 aromatic rings. The molecule has 1 heterocycles. The van der Waals surface area contributed by atoms with Crippen LogP contribution >= 0.6 is 11.5 Å². The molecule has 1 aliphatic carbocycles. The number of rotatable bonds is 5. The summed E-state index contributed by atoms with van der Waals surface area (Å²) in [7, 11) is 0. The Morgan fingerprint density at radius 3 is 2.80 bits per heavy atom. The van der Waals surface area contributed by atoms with Crippen molar-refractivity contribution in [3.63, 3.8) is 0 Å². The number of nitrogen functional groups attached to an aromatic ring is 1. The smallest absolute Gasteiger partial charge is 0.258 e. The Labute approximate surface area is 121 Å². The molecule has 1 fully saturated rings. The Morgan fingerprint density at radius 2 is 2.10 bits per heavy atom. The Morgan fingerprint density at radius 1 is 1.35 bits per heavy atom. The summed E-state index contributed by atoms with van der Waals surface area (Å²) in [6.07, 6.45) is 2.10. The van der Waals surface area contributed by atoms with Crippen LogP contribution in [0.2, 0.25) is 0 Å². The first-order valence-corrected chi connectivity index (χ1v) is 7.35. The summed E-state index contributed by atoms with van der Waals surface area (Å²) < 4.78 is 4.07. The minimum Gasteiger partial charge on any atom is -0.382 e. The third kappa shape index (κ3) is 2.91. The van der Waals surface area contributed by atoms with Gasteiger partial charge in [0.05, 0.1) is 0 Å². The first kappa shape index (κ1) is 12.9. The van der Waals surface area contributed by atoms with Gasteiger partial charge in [-0.1, -0.05) is 30.3 Å². The van der Waals surface area contributed by atoms with Crippen LogP contribution in [0.5, 0.6) is 0 Å². The van der Waals surface area contributed by atoms with Crippen LogP contribution in [-0.2, 0) is 6.54 Å². The molecule has 1 aliphatic rings. The van der Waals surface area contributed by atoms with Gasteiger partial charge in [0.2, 0.25) is 0 Å². The number of carbonyl (C=O) groups is 1. The molecule has 3 rings (SSSR count). The molecule has 5 nitrogen and oxygen atoms in total. The molecule has 1 saturated carbocycles. The van der Waals surface area contributed by atoms with Gasteiger partial charge in [0, 0.05) is 12.6 Å². The molecule has 0 bridgehead atoms. The number of nitrogens with two attached hydrogens (primary N) is 1. The number of amides is 1. The lowest BCUT2D eigenvalue weighted by atomic mass is 10.2. The van der Waals surface area contributed by atoms with Crippen LogP contribution in [-0.4, -0.2) is 16.3 Å².